The number of aliphatic hydroxyl groups is 1. The molecule has 0 radical (unpaired) electrons. The molecule has 1 amide bonds. The van der Waals surface area contributed by atoms with Crippen molar-refractivity contribution < 1.29 is 32.6 Å². The normalized spacial score (nSPS) is 29.7. The van der Waals surface area contributed by atoms with Crippen molar-refractivity contribution in [2.75, 3.05) is 6.61 Å². The van der Waals surface area contributed by atoms with Gasteiger partial charge in [-0.05, 0) is 68.1 Å². The Balaban J connectivity index is 1.78. The molecule has 5 unspecified atom stereocenters. The number of hydrogen-bond acceptors (Lipinski definition) is 4. The van der Waals surface area contributed by atoms with Crippen molar-refractivity contribution in [1.82, 2.24) is 5.32 Å². The van der Waals surface area contributed by atoms with Gasteiger partial charge < -0.3 is 20.0 Å². The average molecular weight is 506 g/mol. The number of halogens is 3. The zero-order chi connectivity index (χ0) is 26.2. The first-order valence-electron chi connectivity index (χ1n) is 13.5. The van der Waals surface area contributed by atoms with Crippen molar-refractivity contribution in [2.24, 2.45) is 35.0 Å². The van der Waals surface area contributed by atoms with Crippen LogP contribution in [-0.4, -0.2) is 42.4 Å². The molecule has 0 bridgehead atoms. The summed E-state index contributed by atoms with van der Waals surface area (Å²) in [6, 6.07) is -1.54. The van der Waals surface area contributed by atoms with E-state index in [1.54, 1.807) is 0 Å². The minimum absolute atomic E-state index is 0.0328. The number of aldehydes is 1. The number of alkyl halides is 3. The Morgan fingerprint density at radius 1 is 1.17 bits per heavy atom. The van der Waals surface area contributed by atoms with Crippen LogP contribution in [0.4, 0.5) is 13.2 Å². The molecule has 35 heavy (non-hydrogen) atoms. The number of carbonyl (C=O) groups excluding carboxylic acids is 2. The van der Waals surface area contributed by atoms with Gasteiger partial charge >= 0.3 is 6.18 Å². The molecule has 2 saturated carbocycles. The van der Waals surface area contributed by atoms with Gasteiger partial charge in [0.15, 0.2) is 6.29 Å². The Labute approximate surface area is 208 Å². The van der Waals surface area contributed by atoms with Gasteiger partial charge in [0.1, 0.15) is 6.29 Å². The van der Waals surface area contributed by atoms with Gasteiger partial charge in [0.25, 0.3) is 0 Å². The summed E-state index contributed by atoms with van der Waals surface area (Å²) in [5.41, 5.74) is 0.161. The molecule has 0 saturated heterocycles. The van der Waals surface area contributed by atoms with Crippen LogP contribution in [0.1, 0.15) is 98.3 Å². The highest BCUT2D eigenvalue weighted by atomic mass is 19.4. The highest BCUT2D eigenvalue weighted by molar-refractivity contribution is 5.81. The first-order chi connectivity index (χ1) is 16.4. The fourth-order valence-electron chi connectivity index (χ4n) is 6.40. The third-order valence-corrected chi connectivity index (χ3v) is 8.73. The molecular weight excluding hydrogens is 459 g/mol. The van der Waals surface area contributed by atoms with Gasteiger partial charge in [0.05, 0.1) is 19.1 Å². The molecule has 5 nitrogen and oxygen atoms in total. The molecule has 2 rings (SSSR count). The summed E-state index contributed by atoms with van der Waals surface area (Å²) in [6.45, 7) is 9.42. The van der Waals surface area contributed by atoms with E-state index in [4.69, 9.17) is 4.74 Å². The summed E-state index contributed by atoms with van der Waals surface area (Å²) in [6.07, 6.45) is 3.19. The third kappa shape index (κ3) is 9.03. The summed E-state index contributed by atoms with van der Waals surface area (Å²) in [5.74, 6) is 0.424. The first kappa shape index (κ1) is 30.1. The maximum atomic E-state index is 12.5. The van der Waals surface area contributed by atoms with Gasteiger partial charge in [-0.15, -0.1) is 0 Å². The molecule has 2 N–H and O–H groups in total. The number of ether oxygens (including phenoxy) is 1. The van der Waals surface area contributed by atoms with E-state index < -0.39 is 36.8 Å². The Hall–Kier alpha value is -1.15. The van der Waals surface area contributed by atoms with Gasteiger partial charge in [0.2, 0.25) is 5.91 Å². The molecule has 0 aromatic carbocycles. The van der Waals surface area contributed by atoms with E-state index in [1.165, 1.54) is 32.1 Å². The molecule has 0 heterocycles. The van der Waals surface area contributed by atoms with Gasteiger partial charge in [-0.25, -0.2) is 0 Å². The Morgan fingerprint density at radius 2 is 1.83 bits per heavy atom. The van der Waals surface area contributed by atoms with E-state index in [1.807, 2.05) is 0 Å². The van der Waals surface area contributed by atoms with Crippen LogP contribution >= 0.6 is 0 Å². The standard InChI is InChI=1S/C27H46F3NO4/c1-5-6-8-21-9-7-10-23(26(21,3)4)18(2)25(34)35-17-19-11-13-20(14-12-19)24(33)31-22(16-32)15-27(28,29)30/h16,18-23,25,34H,5-15,17H2,1-4H3,(H,31,33). The number of amides is 1. The van der Waals surface area contributed by atoms with Crippen molar-refractivity contribution in [2.45, 2.75) is 117 Å². The zero-order valence-corrected chi connectivity index (χ0v) is 21.9. The second-order valence-electron chi connectivity index (χ2n) is 11.6. The van der Waals surface area contributed by atoms with Crippen LogP contribution in [0.25, 0.3) is 0 Å². The predicted molar refractivity (Wildman–Crippen MR) is 129 cm³/mol. The van der Waals surface area contributed by atoms with E-state index in [-0.39, 0.29) is 23.5 Å². The molecule has 2 fully saturated rings. The summed E-state index contributed by atoms with van der Waals surface area (Å²) in [7, 11) is 0. The molecule has 204 valence electrons. The predicted octanol–water partition coefficient (Wildman–Crippen LogP) is 6.03. The molecule has 8 heteroatoms. The average Bonchev–Trinajstić information content (AvgIpc) is 2.80. The van der Waals surface area contributed by atoms with Crippen LogP contribution in [0.5, 0.6) is 0 Å². The second-order valence-corrected chi connectivity index (χ2v) is 11.6. The maximum absolute atomic E-state index is 12.5. The van der Waals surface area contributed by atoms with E-state index in [0.717, 1.165) is 6.42 Å². The summed E-state index contributed by atoms with van der Waals surface area (Å²) >= 11 is 0. The van der Waals surface area contributed by atoms with Gasteiger partial charge in [0, 0.05) is 11.8 Å². The lowest BCUT2D eigenvalue weighted by Gasteiger charge is -2.49. The number of carbonyl (C=O) groups is 2. The van der Waals surface area contributed by atoms with E-state index in [2.05, 4.69) is 33.0 Å². The highest BCUT2D eigenvalue weighted by Crippen LogP contribution is 2.50. The van der Waals surface area contributed by atoms with Gasteiger partial charge in [-0.3, -0.25) is 4.79 Å². The maximum Gasteiger partial charge on any atom is 0.391 e. The lowest BCUT2D eigenvalue weighted by molar-refractivity contribution is -0.170. The van der Waals surface area contributed by atoms with Crippen LogP contribution in [0.2, 0.25) is 0 Å². The third-order valence-electron chi connectivity index (χ3n) is 8.73. The molecule has 0 aromatic rings. The van der Waals surface area contributed by atoms with Gasteiger partial charge in [-0.2, -0.15) is 13.2 Å². The van der Waals surface area contributed by atoms with Crippen LogP contribution in [-0.2, 0) is 14.3 Å². The lowest BCUT2D eigenvalue weighted by atomic mass is 9.57. The number of unbranched alkanes of at least 4 members (excludes halogenated alkanes) is 1. The van der Waals surface area contributed by atoms with E-state index in [9.17, 15) is 27.9 Å². The van der Waals surface area contributed by atoms with Crippen LogP contribution in [0.3, 0.4) is 0 Å². The number of nitrogens with one attached hydrogen (secondary N) is 1. The first-order valence-corrected chi connectivity index (χ1v) is 13.5. The SMILES string of the molecule is CCCCC1CCCC(C(C)C(O)OCC2CCC(C(=O)NC(C=O)CC(F)(F)F)CC2)C1(C)C. The summed E-state index contributed by atoms with van der Waals surface area (Å²) in [4.78, 5) is 23.3. The largest absolute Gasteiger partial charge is 0.391 e. The molecule has 5 atom stereocenters. The second kappa shape index (κ2) is 13.4. The van der Waals surface area contributed by atoms with Crippen molar-refractivity contribution >= 4 is 12.2 Å². The van der Waals surface area contributed by atoms with E-state index >= 15 is 0 Å². The van der Waals surface area contributed by atoms with Crippen molar-refractivity contribution in [3.8, 4) is 0 Å². The van der Waals surface area contributed by atoms with Crippen LogP contribution < -0.4 is 5.32 Å². The molecule has 0 aliphatic heterocycles. The smallest absolute Gasteiger partial charge is 0.368 e. The molecular formula is C27H46F3NO4. The molecule has 2 aliphatic rings. The minimum atomic E-state index is -4.50. The van der Waals surface area contributed by atoms with E-state index in [0.29, 0.717) is 44.1 Å². The lowest BCUT2D eigenvalue weighted by Crippen LogP contribution is -2.44. The van der Waals surface area contributed by atoms with Crippen molar-refractivity contribution in [3.05, 3.63) is 0 Å². The van der Waals surface area contributed by atoms with Crippen molar-refractivity contribution in [3.63, 3.8) is 0 Å². The highest BCUT2D eigenvalue weighted by Gasteiger charge is 2.44. The molecule has 0 spiro atoms. The zero-order valence-electron chi connectivity index (χ0n) is 21.9. The Bertz CT molecular complexity index is 661. The fraction of sp³-hybridized carbons (Fsp3) is 0.926. The molecule has 0 aromatic heterocycles. The minimum Gasteiger partial charge on any atom is -0.368 e. The summed E-state index contributed by atoms with van der Waals surface area (Å²) in [5, 5.41) is 13.1. The fourth-order valence-corrected chi connectivity index (χ4v) is 6.40. The molecule has 2 aliphatic carbocycles. The van der Waals surface area contributed by atoms with Gasteiger partial charge in [-0.1, -0.05) is 47.0 Å². The Kier molecular flexibility index (Phi) is 11.5. The van der Waals surface area contributed by atoms with Crippen LogP contribution in [0, 0.1) is 35.0 Å². The topological polar surface area (TPSA) is 75.6 Å². The van der Waals surface area contributed by atoms with Crippen LogP contribution in [0.15, 0.2) is 0 Å². The number of aliphatic hydroxyl groups excluding tert-OH is 1. The quantitative estimate of drug-likeness (QED) is 0.251. The summed E-state index contributed by atoms with van der Waals surface area (Å²) < 4.78 is 43.5. The number of hydrogen-bond donors (Lipinski definition) is 2. The Morgan fingerprint density at radius 3 is 2.40 bits per heavy atom. The number of rotatable bonds is 12. The monoisotopic (exact) mass is 505 g/mol. The van der Waals surface area contributed by atoms with Crippen molar-refractivity contribution in [1.29, 1.82) is 0 Å².